The number of hydrogen-bond donors (Lipinski definition) is 0. The molecule has 3 rings (SSSR count). The van der Waals surface area contributed by atoms with Gasteiger partial charge in [-0.15, -0.1) is 0 Å². The summed E-state index contributed by atoms with van der Waals surface area (Å²) < 4.78 is 25.4. The first kappa shape index (κ1) is 21.5. The Labute approximate surface area is 175 Å². The molecule has 10 heteroatoms. The van der Waals surface area contributed by atoms with Crippen molar-refractivity contribution in [1.29, 1.82) is 0 Å². The molecule has 0 unspecified atom stereocenters. The molecule has 0 N–H and O–H groups in total. The molecule has 2 heterocycles. The topological polar surface area (TPSA) is 94.6 Å². The Morgan fingerprint density at radius 3 is 2.77 bits per heavy atom. The van der Waals surface area contributed by atoms with Gasteiger partial charge < -0.3 is 14.1 Å². The summed E-state index contributed by atoms with van der Waals surface area (Å²) in [6.45, 7) is 2.85. The van der Waals surface area contributed by atoms with E-state index in [1.807, 2.05) is 0 Å². The summed E-state index contributed by atoms with van der Waals surface area (Å²) in [7, 11) is 1.47. The third-order valence-electron chi connectivity index (χ3n) is 4.52. The summed E-state index contributed by atoms with van der Waals surface area (Å²) in [5.74, 6) is -1.52. The molecule has 0 saturated carbocycles. The summed E-state index contributed by atoms with van der Waals surface area (Å²) in [4.78, 5) is 43.0. The molecule has 0 radical (unpaired) electrons. The Balaban J connectivity index is 1.89. The van der Waals surface area contributed by atoms with E-state index in [4.69, 9.17) is 20.8 Å². The van der Waals surface area contributed by atoms with E-state index in [1.165, 1.54) is 37.1 Å². The Kier molecular flexibility index (Phi) is 6.21. The SMILES string of the molecule is CCOC(=O)c1c(C)oc2ncn(CC(=O)N(C)Cc3c(F)cccc3Cl)c(=O)c12. The first-order valence-corrected chi connectivity index (χ1v) is 9.44. The number of aryl methyl sites for hydroxylation is 1. The van der Waals surface area contributed by atoms with Crippen molar-refractivity contribution in [2.24, 2.45) is 0 Å². The van der Waals surface area contributed by atoms with Gasteiger partial charge in [0, 0.05) is 24.2 Å². The van der Waals surface area contributed by atoms with Gasteiger partial charge in [-0.05, 0) is 26.0 Å². The zero-order chi connectivity index (χ0) is 22.0. The lowest BCUT2D eigenvalue weighted by Gasteiger charge is -2.19. The Bertz CT molecular complexity index is 1170. The molecule has 2 aromatic heterocycles. The first-order valence-electron chi connectivity index (χ1n) is 9.07. The number of fused-ring (bicyclic) bond motifs is 1. The summed E-state index contributed by atoms with van der Waals surface area (Å²) in [5, 5.41) is 0.143. The van der Waals surface area contributed by atoms with E-state index in [0.29, 0.717) is 0 Å². The smallest absolute Gasteiger partial charge is 0.342 e. The molecule has 1 amide bonds. The van der Waals surface area contributed by atoms with Crippen LogP contribution in [0.25, 0.3) is 11.1 Å². The fourth-order valence-electron chi connectivity index (χ4n) is 2.97. The van der Waals surface area contributed by atoms with Crippen LogP contribution in [0, 0.1) is 12.7 Å². The number of rotatable bonds is 6. The zero-order valence-corrected chi connectivity index (χ0v) is 17.3. The Morgan fingerprint density at radius 2 is 2.10 bits per heavy atom. The first-order chi connectivity index (χ1) is 14.2. The standard InChI is InChI=1S/C20H19ClFN3O5/c1-4-29-20(28)16-11(2)30-18-17(16)19(27)25(10-23-18)9-15(26)24(3)8-12-13(21)6-5-7-14(12)22/h5-7,10H,4,8-9H2,1-3H3. The molecular weight excluding hydrogens is 417 g/mol. The molecule has 8 nitrogen and oxygen atoms in total. The van der Waals surface area contributed by atoms with Crippen LogP contribution in [0.3, 0.4) is 0 Å². The van der Waals surface area contributed by atoms with Gasteiger partial charge >= 0.3 is 5.97 Å². The van der Waals surface area contributed by atoms with Crippen LogP contribution in [-0.4, -0.2) is 40.0 Å². The van der Waals surface area contributed by atoms with Crippen LogP contribution < -0.4 is 5.56 Å². The maximum Gasteiger partial charge on any atom is 0.342 e. The molecule has 0 aliphatic heterocycles. The minimum Gasteiger partial charge on any atom is -0.462 e. The summed E-state index contributed by atoms with van der Waals surface area (Å²) in [6.07, 6.45) is 1.16. The van der Waals surface area contributed by atoms with Crippen molar-refractivity contribution in [1.82, 2.24) is 14.5 Å². The van der Waals surface area contributed by atoms with E-state index in [-0.39, 0.29) is 52.7 Å². The van der Waals surface area contributed by atoms with E-state index in [0.717, 1.165) is 10.9 Å². The largest absolute Gasteiger partial charge is 0.462 e. The van der Waals surface area contributed by atoms with E-state index in [1.54, 1.807) is 6.92 Å². The molecular formula is C20H19ClFN3O5. The average Bonchev–Trinajstić information content (AvgIpc) is 3.03. The minimum absolute atomic E-state index is 0.0161. The second-order valence-electron chi connectivity index (χ2n) is 6.56. The van der Waals surface area contributed by atoms with E-state index >= 15 is 0 Å². The second-order valence-corrected chi connectivity index (χ2v) is 6.97. The van der Waals surface area contributed by atoms with Crippen LogP contribution in [0.15, 0.2) is 33.7 Å². The molecule has 0 fully saturated rings. The van der Waals surface area contributed by atoms with Crippen LogP contribution >= 0.6 is 11.6 Å². The molecule has 30 heavy (non-hydrogen) atoms. The number of amides is 1. The fraction of sp³-hybridized carbons (Fsp3) is 0.300. The van der Waals surface area contributed by atoms with Crippen molar-refractivity contribution in [3.05, 3.63) is 62.6 Å². The lowest BCUT2D eigenvalue weighted by molar-refractivity contribution is -0.131. The quantitative estimate of drug-likeness (QED) is 0.552. The van der Waals surface area contributed by atoms with E-state index in [9.17, 15) is 18.8 Å². The molecule has 3 aromatic rings. The van der Waals surface area contributed by atoms with Gasteiger partial charge in [0.1, 0.15) is 35.4 Å². The number of aromatic nitrogens is 2. The van der Waals surface area contributed by atoms with Gasteiger partial charge in [-0.3, -0.25) is 14.2 Å². The number of nitrogens with zero attached hydrogens (tertiary/aromatic N) is 3. The van der Waals surface area contributed by atoms with Gasteiger partial charge in [0.2, 0.25) is 11.6 Å². The third-order valence-corrected chi connectivity index (χ3v) is 4.88. The summed E-state index contributed by atoms with van der Waals surface area (Å²) in [5.41, 5.74) is -0.482. The molecule has 0 aliphatic rings. The highest BCUT2D eigenvalue weighted by atomic mass is 35.5. The van der Waals surface area contributed by atoms with Crippen molar-refractivity contribution >= 4 is 34.6 Å². The predicted molar refractivity (Wildman–Crippen MR) is 107 cm³/mol. The summed E-state index contributed by atoms with van der Waals surface area (Å²) >= 11 is 6.01. The monoisotopic (exact) mass is 435 g/mol. The van der Waals surface area contributed by atoms with Crippen LogP contribution in [0.2, 0.25) is 5.02 Å². The number of esters is 1. The maximum atomic E-state index is 14.0. The van der Waals surface area contributed by atoms with Gasteiger partial charge in [-0.25, -0.2) is 14.2 Å². The average molecular weight is 436 g/mol. The van der Waals surface area contributed by atoms with Gasteiger partial charge in [0.25, 0.3) is 5.56 Å². The molecule has 1 aromatic carbocycles. The Hall–Kier alpha value is -3.20. The molecule has 158 valence electrons. The molecule has 0 aliphatic carbocycles. The van der Waals surface area contributed by atoms with E-state index < -0.39 is 23.3 Å². The second kappa shape index (κ2) is 8.66. The number of carbonyl (C=O) groups excluding carboxylic acids is 2. The number of hydrogen-bond acceptors (Lipinski definition) is 6. The maximum absolute atomic E-state index is 14.0. The van der Waals surface area contributed by atoms with Crippen LogP contribution in [0.1, 0.15) is 28.6 Å². The molecule has 0 bridgehead atoms. The van der Waals surface area contributed by atoms with E-state index in [2.05, 4.69) is 4.98 Å². The third kappa shape index (κ3) is 4.06. The van der Waals surface area contributed by atoms with Crippen molar-refractivity contribution in [3.8, 4) is 0 Å². The zero-order valence-electron chi connectivity index (χ0n) is 16.6. The van der Waals surface area contributed by atoms with Crippen LogP contribution in [-0.2, 0) is 22.6 Å². The summed E-state index contributed by atoms with van der Waals surface area (Å²) in [6, 6.07) is 4.25. The van der Waals surface area contributed by atoms with Crippen molar-refractivity contribution < 1.29 is 23.1 Å². The van der Waals surface area contributed by atoms with Crippen LogP contribution in [0.4, 0.5) is 4.39 Å². The number of benzene rings is 1. The molecule has 0 atom stereocenters. The number of likely N-dealkylation sites (N-methyl/N-ethyl adjacent to an activating group) is 1. The highest BCUT2D eigenvalue weighted by molar-refractivity contribution is 6.31. The number of halogens is 2. The minimum atomic E-state index is -0.706. The normalized spacial score (nSPS) is 11.0. The number of carbonyl (C=O) groups is 2. The lowest BCUT2D eigenvalue weighted by atomic mass is 10.2. The Morgan fingerprint density at radius 1 is 1.37 bits per heavy atom. The van der Waals surface area contributed by atoms with Crippen LogP contribution in [0.5, 0.6) is 0 Å². The van der Waals surface area contributed by atoms with Gasteiger partial charge in [0.15, 0.2) is 0 Å². The fourth-order valence-corrected chi connectivity index (χ4v) is 3.20. The number of furan rings is 1. The van der Waals surface area contributed by atoms with Crippen molar-refractivity contribution in [2.45, 2.75) is 26.9 Å². The molecule has 0 spiro atoms. The predicted octanol–water partition coefficient (Wildman–Crippen LogP) is 2.93. The highest BCUT2D eigenvalue weighted by Crippen LogP contribution is 2.22. The van der Waals surface area contributed by atoms with Crippen molar-refractivity contribution in [3.63, 3.8) is 0 Å². The number of ether oxygens (including phenoxy) is 1. The van der Waals surface area contributed by atoms with Crippen molar-refractivity contribution in [2.75, 3.05) is 13.7 Å². The molecule has 0 saturated heterocycles. The van der Waals surface area contributed by atoms with Gasteiger partial charge in [0.05, 0.1) is 6.61 Å². The van der Waals surface area contributed by atoms with Gasteiger partial charge in [-0.1, -0.05) is 17.7 Å². The lowest BCUT2D eigenvalue weighted by Crippen LogP contribution is -2.34. The van der Waals surface area contributed by atoms with Gasteiger partial charge in [-0.2, -0.15) is 0 Å². The highest BCUT2D eigenvalue weighted by Gasteiger charge is 2.24.